The molecule has 0 saturated heterocycles. The number of hydrogen-bond donors (Lipinski definition) is 2. The molecule has 1 saturated carbocycles. The molecule has 0 heterocycles. The maximum absolute atomic E-state index is 7.13. The summed E-state index contributed by atoms with van der Waals surface area (Å²) in [7, 11) is 0. The molecule has 1 aliphatic carbocycles. The van der Waals surface area contributed by atoms with E-state index in [9.17, 15) is 0 Å². The van der Waals surface area contributed by atoms with E-state index in [1.54, 1.807) is 0 Å². The second-order valence-corrected chi connectivity index (χ2v) is 6.03. The zero-order chi connectivity index (χ0) is 12.2. The smallest absolute Gasteiger partial charge is 0.0906 e. The largest absolute Gasteiger partial charge is 0.388 e. The Hall–Kier alpha value is -0.570. The van der Waals surface area contributed by atoms with Crippen LogP contribution in [0.3, 0.4) is 0 Å². The predicted octanol–water partition coefficient (Wildman–Crippen LogP) is 2.93. The first-order chi connectivity index (χ1) is 7.39. The van der Waals surface area contributed by atoms with Crippen LogP contribution in [-0.2, 0) is 4.74 Å². The quantitative estimate of drug-likeness (QED) is 0.430. The van der Waals surface area contributed by atoms with Crippen molar-refractivity contribution in [2.75, 3.05) is 6.61 Å². The van der Waals surface area contributed by atoms with Gasteiger partial charge in [0.25, 0.3) is 0 Å². The van der Waals surface area contributed by atoms with Crippen LogP contribution in [0.4, 0.5) is 0 Å². The fraction of sp³-hybridized carbons (Fsp3) is 0.923. The first-order valence-electron chi connectivity index (χ1n) is 6.33. The van der Waals surface area contributed by atoms with Gasteiger partial charge >= 0.3 is 0 Å². The van der Waals surface area contributed by atoms with Crippen LogP contribution in [0.1, 0.15) is 52.9 Å². The van der Waals surface area contributed by atoms with E-state index in [-0.39, 0.29) is 5.84 Å². The van der Waals surface area contributed by atoms with Gasteiger partial charge in [0, 0.05) is 13.0 Å². The van der Waals surface area contributed by atoms with E-state index >= 15 is 0 Å². The summed E-state index contributed by atoms with van der Waals surface area (Å²) < 4.78 is 5.89. The first-order valence-corrected chi connectivity index (χ1v) is 6.33. The van der Waals surface area contributed by atoms with Crippen molar-refractivity contribution in [3.8, 4) is 0 Å². The maximum Gasteiger partial charge on any atom is 0.0906 e. The van der Waals surface area contributed by atoms with Crippen molar-refractivity contribution >= 4 is 5.84 Å². The second kappa shape index (κ2) is 5.67. The van der Waals surface area contributed by atoms with Crippen molar-refractivity contribution < 1.29 is 4.74 Å². The molecular formula is C13H26N2O. The van der Waals surface area contributed by atoms with Gasteiger partial charge < -0.3 is 10.5 Å². The molecule has 0 radical (unpaired) electrons. The van der Waals surface area contributed by atoms with Crippen molar-refractivity contribution in [3.05, 3.63) is 0 Å². The van der Waals surface area contributed by atoms with E-state index in [4.69, 9.17) is 15.9 Å². The Labute approximate surface area is 99.3 Å². The van der Waals surface area contributed by atoms with Gasteiger partial charge in [0.1, 0.15) is 0 Å². The molecule has 16 heavy (non-hydrogen) atoms. The Kier molecular flexibility index (Phi) is 4.78. The minimum absolute atomic E-state index is 0.265. The standard InChI is InChI=1S/C13H26N2O/c1-10-7-11(9-13(2,3)8-10)16-6-4-5-12(14)15/h10-11H,4-9H2,1-3H3,(H3,14,15). The second-order valence-electron chi connectivity index (χ2n) is 6.03. The van der Waals surface area contributed by atoms with Gasteiger partial charge in [-0.15, -0.1) is 0 Å². The fourth-order valence-electron chi connectivity index (χ4n) is 2.90. The highest BCUT2D eigenvalue weighted by atomic mass is 16.5. The van der Waals surface area contributed by atoms with E-state index in [1.165, 1.54) is 12.8 Å². The molecule has 0 aliphatic heterocycles. The SMILES string of the molecule is CC1CC(OCCCC(=N)N)CC(C)(C)C1. The number of hydrogen-bond acceptors (Lipinski definition) is 2. The van der Waals surface area contributed by atoms with Gasteiger partial charge in [0.05, 0.1) is 11.9 Å². The molecular weight excluding hydrogens is 200 g/mol. The van der Waals surface area contributed by atoms with Crippen molar-refractivity contribution in [1.29, 1.82) is 5.41 Å². The Bertz CT molecular complexity index is 238. The van der Waals surface area contributed by atoms with Crippen LogP contribution in [0, 0.1) is 16.7 Å². The Morgan fingerprint density at radius 1 is 1.44 bits per heavy atom. The number of nitrogens with two attached hydrogens (primary N) is 1. The zero-order valence-corrected chi connectivity index (χ0v) is 10.9. The van der Waals surface area contributed by atoms with Crippen LogP contribution >= 0.6 is 0 Å². The summed E-state index contributed by atoms with van der Waals surface area (Å²) in [6.07, 6.45) is 5.60. The maximum atomic E-state index is 7.13. The summed E-state index contributed by atoms with van der Waals surface area (Å²) in [6.45, 7) is 7.71. The highest BCUT2D eigenvalue weighted by molar-refractivity contribution is 5.76. The van der Waals surface area contributed by atoms with Crippen molar-refractivity contribution in [1.82, 2.24) is 0 Å². The van der Waals surface area contributed by atoms with E-state index in [0.29, 0.717) is 17.9 Å². The molecule has 2 atom stereocenters. The van der Waals surface area contributed by atoms with Crippen LogP contribution in [-0.4, -0.2) is 18.5 Å². The van der Waals surface area contributed by atoms with E-state index < -0.39 is 0 Å². The fourth-order valence-corrected chi connectivity index (χ4v) is 2.90. The van der Waals surface area contributed by atoms with E-state index in [1.807, 2.05) is 0 Å². The van der Waals surface area contributed by atoms with Crippen LogP contribution < -0.4 is 5.73 Å². The van der Waals surface area contributed by atoms with Crippen LogP contribution in [0.2, 0.25) is 0 Å². The highest BCUT2D eigenvalue weighted by Crippen LogP contribution is 2.39. The topological polar surface area (TPSA) is 59.1 Å². The molecule has 0 amide bonds. The van der Waals surface area contributed by atoms with Gasteiger partial charge in [-0.3, -0.25) is 5.41 Å². The molecule has 0 aromatic heterocycles. The number of nitrogens with one attached hydrogen (secondary N) is 1. The van der Waals surface area contributed by atoms with Crippen LogP contribution in [0.25, 0.3) is 0 Å². The summed E-state index contributed by atoms with van der Waals surface area (Å²) >= 11 is 0. The molecule has 3 heteroatoms. The Balaban J connectivity index is 2.23. The third-order valence-corrected chi connectivity index (χ3v) is 3.29. The monoisotopic (exact) mass is 226 g/mol. The summed E-state index contributed by atoms with van der Waals surface area (Å²) in [5.74, 6) is 1.03. The van der Waals surface area contributed by atoms with Crippen LogP contribution in [0.5, 0.6) is 0 Å². The third kappa shape index (κ3) is 4.97. The minimum atomic E-state index is 0.265. The predicted molar refractivity (Wildman–Crippen MR) is 67.7 cm³/mol. The molecule has 2 unspecified atom stereocenters. The number of ether oxygens (including phenoxy) is 1. The third-order valence-electron chi connectivity index (χ3n) is 3.29. The molecule has 3 nitrogen and oxygen atoms in total. The van der Waals surface area contributed by atoms with Crippen molar-refractivity contribution in [3.63, 3.8) is 0 Å². The summed E-state index contributed by atoms with van der Waals surface area (Å²) in [6, 6.07) is 0. The highest BCUT2D eigenvalue weighted by Gasteiger charge is 2.32. The molecule has 0 aromatic rings. The van der Waals surface area contributed by atoms with Crippen molar-refractivity contribution in [2.24, 2.45) is 17.1 Å². The summed E-state index contributed by atoms with van der Waals surface area (Å²) in [5, 5.41) is 7.13. The number of rotatable bonds is 5. The molecule has 1 fully saturated rings. The molecule has 1 rings (SSSR count). The van der Waals surface area contributed by atoms with Gasteiger partial charge in [-0.1, -0.05) is 20.8 Å². The Morgan fingerprint density at radius 2 is 2.12 bits per heavy atom. The zero-order valence-electron chi connectivity index (χ0n) is 10.9. The Morgan fingerprint density at radius 3 is 2.69 bits per heavy atom. The van der Waals surface area contributed by atoms with Gasteiger partial charge in [-0.25, -0.2) is 0 Å². The summed E-state index contributed by atoms with van der Waals surface area (Å²) in [4.78, 5) is 0. The lowest BCUT2D eigenvalue weighted by molar-refractivity contribution is -0.0231. The van der Waals surface area contributed by atoms with Gasteiger partial charge in [-0.05, 0) is 37.0 Å². The average Bonchev–Trinajstić information content (AvgIpc) is 2.08. The van der Waals surface area contributed by atoms with E-state index in [2.05, 4.69) is 20.8 Å². The molecule has 94 valence electrons. The van der Waals surface area contributed by atoms with E-state index in [0.717, 1.165) is 25.4 Å². The molecule has 3 N–H and O–H groups in total. The first kappa shape index (κ1) is 13.5. The lowest BCUT2D eigenvalue weighted by atomic mass is 9.71. The number of amidine groups is 1. The van der Waals surface area contributed by atoms with Gasteiger partial charge in [-0.2, -0.15) is 0 Å². The van der Waals surface area contributed by atoms with Gasteiger partial charge in [0.2, 0.25) is 0 Å². The molecule has 0 bridgehead atoms. The lowest BCUT2D eigenvalue weighted by Crippen LogP contribution is -2.32. The normalized spacial score (nSPS) is 28.9. The minimum Gasteiger partial charge on any atom is -0.388 e. The molecule has 0 aromatic carbocycles. The molecule has 1 aliphatic rings. The van der Waals surface area contributed by atoms with Crippen LogP contribution in [0.15, 0.2) is 0 Å². The van der Waals surface area contributed by atoms with Gasteiger partial charge in [0.15, 0.2) is 0 Å². The lowest BCUT2D eigenvalue weighted by Gasteiger charge is -2.38. The van der Waals surface area contributed by atoms with Crippen molar-refractivity contribution in [2.45, 2.75) is 59.0 Å². The summed E-state index contributed by atoms with van der Waals surface area (Å²) in [5.41, 5.74) is 5.72. The molecule has 0 spiro atoms. The average molecular weight is 226 g/mol.